The first-order valence-electron chi connectivity index (χ1n) is 8.03. The van der Waals surface area contributed by atoms with Gasteiger partial charge < -0.3 is 4.74 Å². The van der Waals surface area contributed by atoms with Crippen molar-refractivity contribution in [2.75, 3.05) is 5.75 Å². The Morgan fingerprint density at radius 3 is 2.64 bits per heavy atom. The van der Waals surface area contributed by atoms with Crippen molar-refractivity contribution in [1.82, 2.24) is 9.55 Å². The molecular weight excluding hydrogens is 525 g/mol. The van der Waals surface area contributed by atoms with Crippen LogP contribution in [-0.4, -0.2) is 21.7 Å². The van der Waals surface area contributed by atoms with E-state index in [4.69, 9.17) is 0 Å². The second-order valence-corrected chi connectivity index (χ2v) is 8.79. The molecule has 0 bridgehead atoms. The van der Waals surface area contributed by atoms with Crippen molar-refractivity contribution >= 4 is 54.5 Å². The third-order valence-corrected chi connectivity index (χ3v) is 5.85. The number of hydrogen-bond donors (Lipinski definition) is 0. The zero-order valence-electron chi connectivity index (χ0n) is 14.4. The molecule has 148 valence electrons. The van der Waals surface area contributed by atoms with E-state index in [9.17, 15) is 18.0 Å². The van der Waals surface area contributed by atoms with E-state index in [0.29, 0.717) is 0 Å². The second-order valence-electron chi connectivity index (χ2n) is 5.71. The van der Waals surface area contributed by atoms with Gasteiger partial charge in [-0.05, 0) is 57.6 Å². The Balaban J connectivity index is 2.07. The summed E-state index contributed by atoms with van der Waals surface area (Å²) in [7, 11) is 0. The highest BCUT2D eigenvalue weighted by Gasteiger charge is 2.31. The summed E-state index contributed by atoms with van der Waals surface area (Å²) in [6, 6.07) is 7.98. The first kappa shape index (κ1) is 21.2. The smallest absolute Gasteiger partial charge is 0.406 e. The van der Waals surface area contributed by atoms with Gasteiger partial charge in [-0.3, -0.25) is 9.36 Å². The highest BCUT2D eigenvalue weighted by molar-refractivity contribution is 9.11. The third kappa shape index (κ3) is 4.90. The maximum absolute atomic E-state index is 12.9. The van der Waals surface area contributed by atoms with Crippen molar-refractivity contribution in [2.45, 2.75) is 24.7 Å². The molecule has 0 fully saturated rings. The van der Waals surface area contributed by atoms with E-state index in [1.807, 2.05) is 25.1 Å². The predicted octanol–water partition coefficient (Wildman–Crippen LogP) is 5.98. The number of aromatic nitrogens is 2. The highest BCUT2D eigenvalue weighted by atomic mass is 79.9. The molecule has 0 radical (unpaired) electrons. The van der Waals surface area contributed by atoms with Crippen molar-refractivity contribution in [1.29, 1.82) is 0 Å². The molecule has 0 N–H and O–H groups in total. The molecule has 3 aromatic rings. The molecule has 28 heavy (non-hydrogen) atoms. The normalized spacial score (nSPS) is 11.8. The van der Waals surface area contributed by atoms with Crippen LogP contribution < -0.4 is 10.3 Å². The molecule has 10 heteroatoms. The van der Waals surface area contributed by atoms with Crippen LogP contribution in [0, 0.1) is 0 Å². The van der Waals surface area contributed by atoms with Gasteiger partial charge >= 0.3 is 6.36 Å². The van der Waals surface area contributed by atoms with E-state index in [2.05, 4.69) is 41.6 Å². The summed E-state index contributed by atoms with van der Waals surface area (Å²) in [4.78, 5) is 18.2. The number of thioether (sulfide) groups is 1. The number of ether oxygens (including phenoxy) is 1. The van der Waals surface area contributed by atoms with Gasteiger partial charge in [-0.1, -0.05) is 22.9 Å². The van der Waals surface area contributed by atoms with Gasteiger partial charge in [0.25, 0.3) is 5.56 Å². The molecule has 0 saturated carbocycles. The minimum absolute atomic E-state index is 0.0378. The van der Waals surface area contributed by atoms with Gasteiger partial charge in [0.1, 0.15) is 5.75 Å². The van der Waals surface area contributed by atoms with Gasteiger partial charge in [0.15, 0.2) is 0 Å². The van der Waals surface area contributed by atoms with E-state index in [0.717, 1.165) is 32.8 Å². The lowest BCUT2D eigenvalue weighted by Gasteiger charge is -2.13. The SMILES string of the molecule is CCSc1ccc(Br)cc1Cn1cnc2c(Br)cc(OC(F)(F)F)cc2c1=O. The van der Waals surface area contributed by atoms with Crippen LogP contribution in [0.4, 0.5) is 13.2 Å². The van der Waals surface area contributed by atoms with Crippen molar-refractivity contribution in [2.24, 2.45) is 0 Å². The minimum Gasteiger partial charge on any atom is -0.406 e. The van der Waals surface area contributed by atoms with E-state index < -0.39 is 17.7 Å². The van der Waals surface area contributed by atoms with Crippen molar-refractivity contribution in [3.05, 3.63) is 61.5 Å². The Bertz CT molecular complexity index is 1090. The molecule has 2 aromatic carbocycles. The van der Waals surface area contributed by atoms with Crippen molar-refractivity contribution in [3.63, 3.8) is 0 Å². The first-order valence-corrected chi connectivity index (χ1v) is 10.6. The molecule has 0 aliphatic carbocycles. The van der Waals surface area contributed by atoms with Crippen LogP contribution in [-0.2, 0) is 6.54 Å². The van der Waals surface area contributed by atoms with E-state index in [1.54, 1.807) is 11.8 Å². The molecule has 0 spiro atoms. The Hall–Kier alpha value is -1.52. The molecule has 1 heterocycles. The Morgan fingerprint density at radius 2 is 1.96 bits per heavy atom. The largest absolute Gasteiger partial charge is 0.573 e. The number of benzene rings is 2. The predicted molar refractivity (Wildman–Crippen MR) is 110 cm³/mol. The minimum atomic E-state index is -4.85. The third-order valence-electron chi connectivity index (χ3n) is 3.75. The van der Waals surface area contributed by atoms with Crippen LogP contribution >= 0.6 is 43.6 Å². The second kappa shape index (κ2) is 8.46. The standard InChI is InChI=1S/C18H13Br2F3N2O2S/c1-2-28-15-4-3-11(19)5-10(15)8-25-9-24-16-13(17(25)26)6-12(7-14(16)20)27-18(21,22)23/h3-7,9H,2,8H2,1H3. The average Bonchev–Trinajstić information content (AvgIpc) is 2.59. The molecule has 3 rings (SSSR count). The lowest BCUT2D eigenvalue weighted by atomic mass is 10.2. The summed E-state index contributed by atoms with van der Waals surface area (Å²) in [5.74, 6) is 0.387. The Kier molecular flexibility index (Phi) is 6.41. The van der Waals surface area contributed by atoms with E-state index in [-0.39, 0.29) is 21.9 Å². The van der Waals surface area contributed by atoms with Gasteiger partial charge in [0.2, 0.25) is 0 Å². The maximum Gasteiger partial charge on any atom is 0.573 e. The molecule has 0 aliphatic heterocycles. The Labute approximate surface area is 179 Å². The molecule has 0 atom stereocenters. The maximum atomic E-state index is 12.9. The number of halogens is 5. The summed E-state index contributed by atoms with van der Waals surface area (Å²) >= 11 is 8.22. The number of hydrogen-bond acceptors (Lipinski definition) is 4. The van der Waals surface area contributed by atoms with Crippen LogP contribution in [0.15, 0.2) is 55.3 Å². The molecule has 0 amide bonds. The van der Waals surface area contributed by atoms with Crippen LogP contribution in [0.5, 0.6) is 5.75 Å². The van der Waals surface area contributed by atoms with Crippen LogP contribution in [0.2, 0.25) is 0 Å². The van der Waals surface area contributed by atoms with Gasteiger partial charge in [-0.2, -0.15) is 0 Å². The van der Waals surface area contributed by atoms with Crippen LogP contribution in [0.1, 0.15) is 12.5 Å². The fourth-order valence-electron chi connectivity index (χ4n) is 2.66. The molecule has 0 aliphatic rings. The zero-order chi connectivity index (χ0) is 20.5. The van der Waals surface area contributed by atoms with Crippen LogP contribution in [0.3, 0.4) is 0 Å². The summed E-state index contributed by atoms with van der Waals surface area (Å²) in [6.45, 7) is 2.27. The van der Waals surface area contributed by atoms with Gasteiger partial charge in [0.05, 0.1) is 23.8 Å². The van der Waals surface area contributed by atoms with Crippen molar-refractivity contribution in [3.8, 4) is 5.75 Å². The summed E-state index contributed by atoms with van der Waals surface area (Å²) in [6.07, 6.45) is -3.46. The fraction of sp³-hybridized carbons (Fsp3) is 0.222. The molecule has 0 unspecified atom stereocenters. The van der Waals surface area contributed by atoms with E-state index >= 15 is 0 Å². The fourth-order valence-corrected chi connectivity index (χ4v) is 4.39. The number of rotatable bonds is 5. The average molecular weight is 538 g/mol. The lowest BCUT2D eigenvalue weighted by Crippen LogP contribution is -2.22. The monoisotopic (exact) mass is 536 g/mol. The molecule has 1 aromatic heterocycles. The number of fused-ring (bicyclic) bond motifs is 1. The van der Waals surface area contributed by atoms with Gasteiger partial charge in [0, 0.05) is 13.8 Å². The Morgan fingerprint density at radius 1 is 1.21 bits per heavy atom. The van der Waals surface area contributed by atoms with E-state index in [1.165, 1.54) is 10.9 Å². The number of nitrogens with zero attached hydrogens (tertiary/aromatic N) is 2. The lowest BCUT2D eigenvalue weighted by molar-refractivity contribution is -0.274. The summed E-state index contributed by atoms with van der Waals surface area (Å²) in [5, 5.41) is 0.0378. The summed E-state index contributed by atoms with van der Waals surface area (Å²) < 4.78 is 44.1. The molecule has 0 saturated heterocycles. The zero-order valence-corrected chi connectivity index (χ0v) is 18.4. The quantitative estimate of drug-likeness (QED) is 0.375. The van der Waals surface area contributed by atoms with Crippen molar-refractivity contribution < 1.29 is 17.9 Å². The van der Waals surface area contributed by atoms with Crippen LogP contribution in [0.25, 0.3) is 10.9 Å². The van der Waals surface area contributed by atoms with Gasteiger partial charge in [-0.25, -0.2) is 4.98 Å². The van der Waals surface area contributed by atoms with Gasteiger partial charge in [-0.15, -0.1) is 24.9 Å². The molecular formula is C18H13Br2F3N2O2S. The topological polar surface area (TPSA) is 44.1 Å². The molecule has 4 nitrogen and oxygen atoms in total. The highest BCUT2D eigenvalue weighted by Crippen LogP contribution is 2.30. The first-order chi connectivity index (χ1) is 13.2. The number of alkyl halides is 3. The summed E-state index contributed by atoms with van der Waals surface area (Å²) in [5.41, 5.74) is 0.727.